The molecule has 0 N–H and O–H groups in total. The zero-order valence-corrected chi connectivity index (χ0v) is 25.5. The molecule has 1 nitrogen and oxygen atoms in total. The Bertz CT molecular complexity index is 2240. The van der Waals surface area contributed by atoms with Crippen LogP contribution in [0.3, 0.4) is 0 Å². The van der Waals surface area contributed by atoms with Crippen molar-refractivity contribution in [3.05, 3.63) is 175 Å². The lowest BCUT2D eigenvalue weighted by Crippen LogP contribution is -2.11. The SMILES string of the molecule is Cc1cc(N(c2ccccc2)c2ccccc2)c(C)cc1-c1c2ccccc2c(-c2ccc3ccccc3c2)c2ccccc12. The molecule has 0 saturated carbocycles. The summed E-state index contributed by atoms with van der Waals surface area (Å²) in [5.41, 5.74) is 11.1. The van der Waals surface area contributed by atoms with Crippen molar-refractivity contribution in [3.63, 3.8) is 0 Å². The first-order valence-corrected chi connectivity index (χ1v) is 15.6. The van der Waals surface area contributed by atoms with Crippen LogP contribution >= 0.6 is 0 Å². The molecule has 0 atom stereocenters. The third-order valence-corrected chi connectivity index (χ3v) is 9.05. The van der Waals surface area contributed by atoms with E-state index in [2.05, 4.69) is 183 Å². The predicted molar refractivity (Wildman–Crippen MR) is 194 cm³/mol. The van der Waals surface area contributed by atoms with E-state index in [1.165, 1.54) is 71.4 Å². The summed E-state index contributed by atoms with van der Waals surface area (Å²) in [7, 11) is 0. The maximum absolute atomic E-state index is 2.40. The summed E-state index contributed by atoms with van der Waals surface area (Å²) in [6, 6.07) is 59.4. The fourth-order valence-electron chi connectivity index (χ4n) is 6.97. The van der Waals surface area contributed by atoms with E-state index in [0.29, 0.717) is 0 Å². The molecular weight excluding hydrogens is 542 g/mol. The molecule has 0 bridgehead atoms. The highest BCUT2D eigenvalue weighted by atomic mass is 15.1. The third kappa shape index (κ3) is 4.65. The van der Waals surface area contributed by atoms with Gasteiger partial charge in [0.1, 0.15) is 0 Å². The summed E-state index contributed by atoms with van der Waals surface area (Å²) in [5.74, 6) is 0. The Hall–Kier alpha value is -5.66. The Morgan fingerprint density at radius 2 is 0.867 bits per heavy atom. The molecule has 45 heavy (non-hydrogen) atoms. The molecule has 0 fully saturated rings. The molecule has 0 amide bonds. The van der Waals surface area contributed by atoms with Gasteiger partial charge in [-0.05, 0) is 122 Å². The van der Waals surface area contributed by atoms with Gasteiger partial charge in [-0.2, -0.15) is 0 Å². The van der Waals surface area contributed by atoms with Gasteiger partial charge in [-0.25, -0.2) is 0 Å². The van der Waals surface area contributed by atoms with Gasteiger partial charge in [0.25, 0.3) is 0 Å². The Morgan fingerprint density at radius 1 is 0.378 bits per heavy atom. The van der Waals surface area contributed by atoms with E-state index >= 15 is 0 Å². The maximum Gasteiger partial charge on any atom is 0.0493 e. The lowest BCUT2D eigenvalue weighted by atomic mass is 9.84. The maximum atomic E-state index is 2.40. The van der Waals surface area contributed by atoms with Gasteiger partial charge in [-0.15, -0.1) is 0 Å². The first kappa shape index (κ1) is 26.9. The van der Waals surface area contributed by atoms with Crippen molar-refractivity contribution in [3.8, 4) is 22.3 Å². The average Bonchev–Trinajstić information content (AvgIpc) is 3.09. The molecule has 0 aliphatic rings. The van der Waals surface area contributed by atoms with Crippen LogP contribution < -0.4 is 4.90 Å². The van der Waals surface area contributed by atoms with Crippen LogP contribution in [0.15, 0.2) is 164 Å². The minimum absolute atomic E-state index is 1.15. The summed E-state index contributed by atoms with van der Waals surface area (Å²) in [6.07, 6.45) is 0. The van der Waals surface area contributed by atoms with Crippen LogP contribution in [0.25, 0.3) is 54.6 Å². The molecule has 0 unspecified atom stereocenters. The van der Waals surface area contributed by atoms with Gasteiger partial charge in [-0.3, -0.25) is 0 Å². The van der Waals surface area contributed by atoms with Crippen molar-refractivity contribution in [2.75, 3.05) is 4.90 Å². The van der Waals surface area contributed by atoms with Crippen molar-refractivity contribution in [2.45, 2.75) is 13.8 Å². The average molecular weight is 576 g/mol. The van der Waals surface area contributed by atoms with Crippen LogP contribution in [0.4, 0.5) is 17.1 Å². The van der Waals surface area contributed by atoms with Crippen molar-refractivity contribution >= 4 is 49.4 Å². The Labute approximate surface area is 264 Å². The highest BCUT2D eigenvalue weighted by molar-refractivity contribution is 6.22. The van der Waals surface area contributed by atoms with Gasteiger partial charge in [-0.1, -0.05) is 121 Å². The minimum atomic E-state index is 1.15. The monoisotopic (exact) mass is 575 g/mol. The zero-order valence-electron chi connectivity index (χ0n) is 25.5. The lowest BCUT2D eigenvalue weighted by molar-refractivity contribution is 1.24. The molecule has 214 valence electrons. The van der Waals surface area contributed by atoms with E-state index in [-0.39, 0.29) is 0 Å². The lowest BCUT2D eigenvalue weighted by Gasteiger charge is -2.28. The molecule has 0 aliphatic heterocycles. The van der Waals surface area contributed by atoms with Crippen LogP contribution in [0.5, 0.6) is 0 Å². The standard InChI is InChI=1S/C44H33N/c1-30-28-42(45(35-17-5-3-6-18-35)36-19-7-4-8-20-36)31(2)27-41(30)44-39-23-13-11-21-37(39)43(38-22-12-14-24-40(38)44)34-26-25-32-15-9-10-16-33(32)29-34/h3-29H,1-2H3. The predicted octanol–water partition coefficient (Wildman–Crippen LogP) is 12.6. The van der Waals surface area contributed by atoms with Crippen molar-refractivity contribution < 1.29 is 0 Å². The fourth-order valence-corrected chi connectivity index (χ4v) is 6.97. The minimum Gasteiger partial charge on any atom is -0.310 e. The number of anilines is 3. The largest absolute Gasteiger partial charge is 0.310 e. The number of hydrogen-bond acceptors (Lipinski definition) is 1. The molecule has 0 saturated heterocycles. The van der Waals surface area contributed by atoms with Crippen molar-refractivity contribution in [1.29, 1.82) is 0 Å². The number of hydrogen-bond donors (Lipinski definition) is 0. The zero-order chi connectivity index (χ0) is 30.3. The van der Waals surface area contributed by atoms with Crippen molar-refractivity contribution in [2.24, 2.45) is 0 Å². The molecule has 0 aromatic heterocycles. The first-order valence-electron chi connectivity index (χ1n) is 15.6. The molecule has 8 aromatic rings. The van der Waals surface area contributed by atoms with Crippen LogP contribution in [0.2, 0.25) is 0 Å². The number of fused-ring (bicyclic) bond motifs is 3. The topological polar surface area (TPSA) is 3.24 Å². The Balaban J connectivity index is 1.38. The van der Waals surface area contributed by atoms with Gasteiger partial charge in [0.2, 0.25) is 0 Å². The van der Waals surface area contributed by atoms with Crippen LogP contribution in [-0.4, -0.2) is 0 Å². The summed E-state index contributed by atoms with van der Waals surface area (Å²) in [5, 5.41) is 7.62. The molecule has 1 heteroatoms. The van der Waals surface area contributed by atoms with Gasteiger partial charge in [0.15, 0.2) is 0 Å². The summed E-state index contributed by atoms with van der Waals surface area (Å²) in [6.45, 7) is 4.50. The van der Waals surface area contributed by atoms with Gasteiger partial charge in [0, 0.05) is 17.1 Å². The molecule has 0 radical (unpaired) electrons. The Morgan fingerprint density at radius 3 is 1.44 bits per heavy atom. The fraction of sp³-hybridized carbons (Fsp3) is 0.0455. The number of rotatable bonds is 5. The molecule has 0 spiro atoms. The molecule has 8 rings (SSSR count). The highest BCUT2D eigenvalue weighted by Crippen LogP contribution is 2.46. The number of nitrogens with zero attached hydrogens (tertiary/aromatic N) is 1. The second-order valence-corrected chi connectivity index (χ2v) is 11.9. The quantitative estimate of drug-likeness (QED) is 0.185. The van der Waals surface area contributed by atoms with E-state index in [4.69, 9.17) is 0 Å². The van der Waals surface area contributed by atoms with Gasteiger partial charge >= 0.3 is 0 Å². The third-order valence-electron chi connectivity index (χ3n) is 9.05. The highest BCUT2D eigenvalue weighted by Gasteiger charge is 2.21. The van der Waals surface area contributed by atoms with E-state index in [9.17, 15) is 0 Å². The van der Waals surface area contributed by atoms with E-state index < -0.39 is 0 Å². The second kappa shape index (κ2) is 11.1. The normalized spacial score (nSPS) is 11.3. The number of para-hydroxylation sites is 2. The first-order chi connectivity index (χ1) is 22.2. The summed E-state index contributed by atoms with van der Waals surface area (Å²) < 4.78 is 0. The second-order valence-electron chi connectivity index (χ2n) is 11.9. The molecular formula is C44H33N. The molecule has 0 heterocycles. The summed E-state index contributed by atoms with van der Waals surface area (Å²) >= 11 is 0. The molecule has 8 aromatic carbocycles. The Kier molecular flexibility index (Phi) is 6.65. The van der Waals surface area contributed by atoms with E-state index in [1.54, 1.807) is 0 Å². The van der Waals surface area contributed by atoms with E-state index in [0.717, 1.165) is 11.4 Å². The van der Waals surface area contributed by atoms with Gasteiger partial charge < -0.3 is 4.90 Å². The van der Waals surface area contributed by atoms with Crippen LogP contribution in [0.1, 0.15) is 11.1 Å². The van der Waals surface area contributed by atoms with Gasteiger partial charge in [0.05, 0.1) is 0 Å². The van der Waals surface area contributed by atoms with Crippen molar-refractivity contribution in [1.82, 2.24) is 0 Å². The smallest absolute Gasteiger partial charge is 0.0493 e. The number of aryl methyl sites for hydroxylation is 2. The van der Waals surface area contributed by atoms with E-state index in [1.807, 2.05) is 0 Å². The summed E-state index contributed by atoms with van der Waals surface area (Å²) in [4.78, 5) is 2.37. The van der Waals surface area contributed by atoms with Crippen LogP contribution in [0, 0.1) is 13.8 Å². The van der Waals surface area contributed by atoms with Crippen LogP contribution in [-0.2, 0) is 0 Å². The molecule has 0 aliphatic carbocycles. The number of benzene rings is 8.